The molecule has 0 aliphatic heterocycles. The molecule has 4 rings (SSSR count). The molecule has 2 nitrogen and oxygen atoms in total. The quantitative estimate of drug-likeness (QED) is 0.476. The van der Waals surface area contributed by atoms with Crippen molar-refractivity contribution < 1.29 is 9.80 Å². The maximum atomic E-state index is 2.34. The van der Waals surface area contributed by atoms with E-state index in [2.05, 4.69) is 75.5 Å². The molecule has 0 fully saturated rings. The van der Waals surface area contributed by atoms with Gasteiger partial charge in [-0.15, -0.1) is 0 Å². The van der Waals surface area contributed by atoms with Gasteiger partial charge in [0.1, 0.15) is 19.6 Å². The number of likely N-dealkylation sites (N-methyl/N-ethyl adjacent to an activating group) is 2. The van der Waals surface area contributed by atoms with Crippen LogP contribution in [0.2, 0.25) is 0 Å². The normalized spacial score (nSPS) is 13.4. The Balaban J connectivity index is 1.69. The van der Waals surface area contributed by atoms with Gasteiger partial charge in [0.15, 0.2) is 0 Å². The highest BCUT2D eigenvalue weighted by Gasteiger charge is 2.14. The van der Waals surface area contributed by atoms with Crippen molar-refractivity contribution in [1.29, 1.82) is 0 Å². The van der Waals surface area contributed by atoms with Crippen molar-refractivity contribution in [2.45, 2.75) is 20.4 Å². The third-order valence-electron chi connectivity index (χ3n) is 6.02. The Morgan fingerprint density at radius 1 is 0.692 bits per heavy atom. The van der Waals surface area contributed by atoms with E-state index in [1.807, 2.05) is 0 Å². The summed E-state index contributed by atoms with van der Waals surface area (Å²) < 4.78 is 0. The molecule has 1 unspecified atom stereocenters. The topological polar surface area (TPSA) is 8.88 Å². The molecule has 26 heavy (non-hydrogen) atoms. The summed E-state index contributed by atoms with van der Waals surface area (Å²) in [6, 6.07) is 20.4. The smallest absolute Gasteiger partial charge is 0.127 e. The van der Waals surface area contributed by atoms with Crippen molar-refractivity contribution in [3.8, 4) is 0 Å². The van der Waals surface area contributed by atoms with E-state index in [0.29, 0.717) is 0 Å². The number of hydrogen-bond donors (Lipinski definition) is 2. The maximum absolute atomic E-state index is 2.34. The lowest BCUT2D eigenvalue weighted by atomic mass is 9.92. The third-order valence-corrected chi connectivity index (χ3v) is 6.02. The largest absolute Gasteiger partial charge is 0.331 e. The first-order chi connectivity index (χ1) is 12.7. The zero-order chi connectivity index (χ0) is 18.1. The Morgan fingerprint density at radius 3 is 2.00 bits per heavy atom. The van der Waals surface area contributed by atoms with Gasteiger partial charge in [0.2, 0.25) is 0 Å². The van der Waals surface area contributed by atoms with Gasteiger partial charge in [-0.05, 0) is 46.2 Å². The number of rotatable bonds is 7. The zero-order valence-corrected chi connectivity index (χ0v) is 16.2. The molecule has 0 heterocycles. The fraction of sp³-hybridized carbons (Fsp3) is 0.333. The van der Waals surface area contributed by atoms with Crippen LogP contribution in [0.5, 0.6) is 0 Å². The molecule has 134 valence electrons. The predicted molar refractivity (Wildman–Crippen MR) is 113 cm³/mol. The number of quaternary nitrogens is 2. The third kappa shape index (κ3) is 3.04. The van der Waals surface area contributed by atoms with E-state index in [0.717, 1.165) is 6.54 Å². The summed E-state index contributed by atoms with van der Waals surface area (Å²) in [5.74, 6) is 0. The molecule has 4 aromatic carbocycles. The Kier molecular flexibility index (Phi) is 4.80. The average molecular weight is 347 g/mol. The van der Waals surface area contributed by atoms with Crippen molar-refractivity contribution in [2.75, 3.05) is 33.2 Å². The molecule has 0 saturated carbocycles. The first-order valence-electron chi connectivity index (χ1n) is 10.0. The Labute approximate surface area is 156 Å². The molecule has 2 N–H and O–H groups in total. The second-order valence-electron chi connectivity index (χ2n) is 7.67. The highest BCUT2D eigenvalue weighted by Crippen LogP contribution is 2.35. The molecule has 0 saturated heterocycles. The second kappa shape index (κ2) is 7.22. The fourth-order valence-electron chi connectivity index (χ4n) is 4.36. The minimum absolute atomic E-state index is 1.09. The molecular weight excluding hydrogens is 316 g/mol. The van der Waals surface area contributed by atoms with Crippen LogP contribution in [0.15, 0.2) is 54.6 Å². The molecule has 0 radical (unpaired) electrons. The van der Waals surface area contributed by atoms with Gasteiger partial charge < -0.3 is 9.80 Å². The zero-order valence-electron chi connectivity index (χ0n) is 16.2. The lowest BCUT2D eigenvalue weighted by Gasteiger charge is -2.20. The molecular formula is C24H30N2+2. The summed E-state index contributed by atoms with van der Waals surface area (Å²) >= 11 is 0. The van der Waals surface area contributed by atoms with E-state index < -0.39 is 0 Å². The van der Waals surface area contributed by atoms with Gasteiger partial charge >= 0.3 is 0 Å². The minimum Gasteiger partial charge on any atom is -0.331 e. The van der Waals surface area contributed by atoms with Crippen LogP contribution in [0.3, 0.4) is 0 Å². The Hall–Kier alpha value is -2.16. The van der Waals surface area contributed by atoms with Crippen molar-refractivity contribution in [3.05, 3.63) is 60.2 Å². The van der Waals surface area contributed by atoms with Gasteiger partial charge in [0.05, 0.1) is 20.1 Å². The molecule has 0 aliphatic rings. The SMILES string of the molecule is CC[NH+](CC)CC[NH+](C)Cc1ccc2ccc3cccc4ccc1c2c34. The van der Waals surface area contributed by atoms with Crippen LogP contribution in [0.25, 0.3) is 32.3 Å². The molecule has 1 atom stereocenters. The molecule has 0 spiro atoms. The summed E-state index contributed by atoms with van der Waals surface area (Å²) in [4.78, 5) is 3.29. The summed E-state index contributed by atoms with van der Waals surface area (Å²) in [6.45, 7) is 10.6. The Bertz CT molecular complexity index is 1000. The van der Waals surface area contributed by atoms with Gasteiger partial charge in [-0.25, -0.2) is 0 Å². The maximum Gasteiger partial charge on any atom is 0.127 e. The molecule has 0 aromatic heterocycles. The average Bonchev–Trinajstić information content (AvgIpc) is 2.68. The van der Waals surface area contributed by atoms with Crippen LogP contribution in [0.1, 0.15) is 19.4 Å². The van der Waals surface area contributed by atoms with Crippen LogP contribution in [-0.4, -0.2) is 33.2 Å². The lowest BCUT2D eigenvalue weighted by molar-refractivity contribution is -0.953. The van der Waals surface area contributed by atoms with E-state index >= 15 is 0 Å². The Morgan fingerprint density at radius 2 is 1.31 bits per heavy atom. The highest BCUT2D eigenvalue weighted by atomic mass is 15.2. The summed E-state index contributed by atoms with van der Waals surface area (Å²) in [5, 5.41) is 8.36. The van der Waals surface area contributed by atoms with Crippen LogP contribution in [0, 0.1) is 0 Å². The van der Waals surface area contributed by atoms with Gasteiger partial charge in [-0.2, -0.15) is 0 Å². The van der Waals surface area contributed by atoms with Crippen molar-refractivity contribution in [3.63, 3.8) is 0 Å². The summed E-state index contributed by atoms with van der Waals surface area (Å²) in [6.07, 6.45) is 0. The number of nitrogens with one attached hydrogen (secondary N) is 2. The van der Waals surface area contributed by atoms with Crippen LogP contribution >= 0.6 is 0 Å². The minimum atomic E-state index is 1.09. The van der Waals surface area contributed by atoms with Crippen LogP contribution < -0.4 is 9.80 Å². The number of hydrogen-bond acceptors (Lipinski definition) is 0. The van der Waals surface area contributed by atoms with Crippen molar-refractivity contribution >= 4 is 32.3 Å². The molecule has 0 bridgehead atoms. The van der Waals surface area contributed by atoms with E-state index in [4.69, 9.17) is 0 Å². The van der Waals surface area contributed by atoms with Crippen LogP contribution in [0.4, 0.5) is 0 Å². The lowest BCUT2D eigenvalue weighted by Crippen LogP contribution is -3.18. The van der Waals surface area contributed by atoms with Crippen molar-refractivity contribution in [2.24, 2.45) is 0 Å². The van der Waals surface area contributed by atoms with Gasteiger partial charge in [0, 0.05) is 5.56 Å². The van der Waals surface area contributed by atoms with Gasteiger partial charge in [-0.3, -0.25) is 0 Å². The monoisotopic (exact) mass is 346 g/mol. The van der Waals surface area contributed by atoms with Crippen molar-refractivity contribution in [1.82, 2.24) is 0 Å². The standard InChI is InChI=1S/C24H28N2/c1-4-26(5-2)16-15-25(3)17-21-12-11-20-10-9-18-7-6-8-19-13-14-22(21)24(20)23(18)19/h6-14H,4-5,15-17H2,1-3H3/p+2. The first-order valence-corrected chi connectivity index (χ1v) is 10.0. The fourth-order valence-corrected chi connectivity index (χ4v) is 4.36. The van der Waals surface area contributed by atoms with Gasteiger partial charge in [-0.1, -0.05) is 54.6 Å². The van der Waals surface area contributed by atoms with E-state index in [9.17, 15) is 0 Å². The summed E-state index contributed by atoms with van der Waals surface area (Å²) in [5.41, 5.74) is 1.47. The highest BCUT2D eigenvalue weighted by molar-refractivity contribution is 6.23. The second-order valence-corrected chi connectivity index (χ2v) is 7.67. The van der Waals surface area contributed by atoms with E-state index in [1.165, 1.54) is 64.1 Å². The molecule has 2 heteroatoms. The molecule has 4 aromatic rings. The predicted octanol–water partition coefficient (Wildman–Crippen LogP) is 2.52. The summed E-state index contributed by atoms with van der Waals surface area (Å²) in [7, 11) is 2.33. The molecule has 0 aliphatic carbocycles. The van der Waals surface area contributed by atoms with Gasteiger partial charge in [0.25, 0.3) is 0 Å². The number of benzene rings is 4. The van der Waals surface area contributed by atoms with E-state index in [1.54, 1.807) is 9.80 Å². The molecule has 0 amide bonds. The van der Waals surface area contributed by atoms with E-state index in [-0.39, 0.29) is 0 Å². The first kappa shape index (κ1) is 17.3. The van der Waals surface area contributed by atoms with Crippen LogP contribution in [-0.2, 0) is 6.54 Å².